The predicted octanol–water partition coefficient (Wildman–Crippen LogP) is 1.78. The van der Waals surface area contributed by atoms with Crippen LogP contribution in [-0.4, -0.2) is 23.5 Å². The van der Waals surface area contributed by atoms with Crippen LogP contribution in [0.4, 0.5) is 11.4 Å². The van der Waals surface area contributed by atoms with Gasteiger partial charge in [-0.15, -0.1) is 0 Å². The third-order valence-corrected chi connectivity index (χ3v) is 2.24. The van der Waals surface area contributed by atoms with Crippen molar-refractivity contribution in [3.63, 3.8) is 0 Å². The van der Waals surface area contributed by atoms with Crippen molar-refractivity contribution in [3.05, 3.63) is 24.3 Å². The highest BCUT2D eigenvalue weighted by molar-refractivity contribution is 5.88. The minimum atomic E-state index is -0.827. The fourth-order valence-electron chi connectivity index (χ4n) is 1.23. The first-order valence-corrected chi connectivity index (χ1v) is 5.33. The lowest BCUT2D eigenvalue weighted by Crippen LogP contribution is -2.19. The maximum absolute atomic E-state index is 10.8. The highest BCUT2D eigenvalue weighted by Gasteiger charge is 2.09. The topological polar surface area (TPSA) is 78.4 Å². The molecule has 0 aliphatic heterocycles. The average Bonchev–Trinajstić information content (AvgIpc) is 2.26. The standard InChI is InChI=1S/C12H16N2O3/c1-8(12(16)17)7-13-10-3-5-11(6-4-10)14-9(2)15/h3-6,8,13H,7H2,1-2H3,(H,14,15)(H,16,17). The number of benzene rings is 1. The van der Waals surface area contributed by atoms with Crippen molar-refractivity contribution in [2.75, 3.05) is 17.2 Å². The Morgan fingerprint density at radius 1 is 1.24 bits per heavy atom. The van der Waals surface area contributed by atoms with Crippen LogP contribution in [0.25, 0.3) is 0 Å². The van der Waals surface area contributed by atoms with Gasteiger partial charge in [0.1, 0.15) is 0 Å². The van der Waals surface area contributed by atoms with Gasteiger partial charge in [0.15, 0.2) is 0 Å². The molecule has 0 saturated heterocycles. The number of rotatable bonds is 5. The summed E-state index contributed by atoms with van der Waals surface area (Å²) < 4.78 is 0. The van der Waals surface area contributed by atoms with E-state index in [1.807, 2.05) is 0 Å². The van der Waals surface area contributed by atoms with Crippen LogP contribution in [0.1, 0.15) is 13.8 Å². The van der Waals surface area contributed by atoms with E-state index in [1.54, 1.807) is 31.2 Å². The van der Waals surface area contributed by atoms with Crippen molar-refractivity contribution < 1.29 is 14.7 Å². The van der Waals surface area contributed by atoms with Crippen LogP contribution >= 0.6 is 0 Å². The number of carboxylic acids is 1. The maximum atomic E-state index is 10.8. The largest absolute Gasteiger partial charge is 0.481 e. The number of hydrogen-bond donors (Lipinski definition) is 3. The highest BCUT2D eigenvalue weighted by Crippen LogP contribution is 2.13. The van der Waals surface area contributed by atoms with E-state index < -0.39 is 11.9 Å². The molecule has 1 rings (SSSR count). The molecule has 1 amide bonds. The Bertz CT molecular complexity index is 401. The molecule has 1 unspecified atom stereocenters. The quantitative estimate of drug-likeness (QED) is 0.728. The molecule has 5 heteroatoms. The van der Waals surface area contributed by atoms with Gasteiger partial charge in [0.2, 0.25) is 5.91 Å². The van der Waals surface area contributed by atoms with Gasteiger partial charge in [-0.25, -0.2) is 0 Å². The van der Waals surface area contributed by atoms with E-state index in [2.05, 4.69) is 10.6 Å². The Morgan fingerprint density at radius 3 is 2.24 bits per heavy atom. The number of amides is 1. The van der Waals surface area contributed by atoms with Gasteiger partial charge in [0.05, 0.1) is 5.92 Å². The van der Waals surface area contributed by atoms with Crippen molar-refractivity contribution in [2.45, 2.75) is 13.8 Å². The number of carbonyl (C=O) groups excluding carboxylic acids is 1. The van der Waals surface area contributed by atoms with Gasteiger partial charge in [0, 0.05) is 24.8 Å². The number of carbonyl (C=O) groups is 2. The predicted molar refractivity (Wildman–Crippen MR) is 66.0 cm³/mol. The van der Waals surface area contributed by atoms with E-state index >= 15 is 0 Å². The maximum Gasteiger partial charge on any atom is 0.308 e. The Morgan fingerprint density at radius 2 is 1.76 bits per heavy atom. The third-order valence-electron chi connectivity index (χ3n) is 2.24. The van der Waals surface area contributed by atoms with Gasteiger partial charge in [-0.2, -0.15) is 0 Å². The fraction of sp³-hybridized carbons (Fsp3) is 0.333. The molecule has 0 bridgehead atoms. The van der Waals surface area contributed by atoms with E-state index in [4.69, 9.17) is 5.11 Å². The van der Waals surface area contributed by atoms with E-state index in [1.165, 1.54) is 6.92 Å². The molecule has 0 radical (unpaired) electrons. The number of aliphatic carboxylic acids is 1. The summed E-state index contributed by atoms with van der Waals surface area (Å²) in [5, 5.41) is 14.4. The first-order valence-electron chi connectivity index (χ1n) is 5.33. The van der Waals surface area contributed by atoms with Crippen molar-refractivity contribution >= 4 is 23.3 Å². The Balaban J connectivity index is 2.51. The summed E-state index contributed by atoms with van der Waals surface area (Å²) in [4.78, 5) is 21.4. The lowest BCUT2D eigenvalue weighted by atomic mass is 10.2. The molecule has 0 aliphatic carbocycles. The van der Waals surface area contributed by atoms with E-state index in [0.717, 1.165) is 5.69 Å². The van der Waals surface area contributed by atoms with Crippen LogP contribution < -0.4 is 10.6 Å². The molecule has 0 heterocycles. The zero-order valence-electron chi connectivity index (χ0n) is 9.86. The zero-order chi connectivity index (χ0) is 12.8. The number of anilines is 2. The molecule has 1 atom stereocenters. The first-order chi connectivity index (χ1) is 7.99. The van der Waals surface area contributed by atoms with Gasteiger partial charge in [-0.05, 0) is 24.3 Å². The molecule has 0 aliphatic rings. The SMILES string of the molecule is CC(=O)Nc1ccc(NCC(C)C(=O)O)cc1. The van der Waals surface area contributed by atoms with Crippen LogP contribution in [0.2, 0.25) is 0 Å². The molecule has 0 spiro atoms. The van der Waals surface area contributed by atoms with Gasteiger partial charge in [-0.3, -0.25) is 9.59 Å². The second-order valence-electron chi connectivity index (χ2n) is 3.88. The molecule has 0 saturated carbocycles. The van der Waals surface area contributed by atoms with Crippen molar-refractivity contribution in [1.29, 1.82) is 0 Å². The Hall–Kier alpha value is -2.04. The van der Waals surface area contributed by atoms with Crippen LogP contribution in [-0.2, 0) is 9.59 Å². The van der Waals surface area contributed by atoms with Crippen LogP contribution in [0, 0.1) is 5.92 Å². The second kappa shape index (κ2) is 5.89. The summed E-state index contributed by atoms with van der Waals surface area (Å²) >= 11 is 0. The minimum Gasteiger partial charge on any atom is -0.481 e. The fourth-order valence-corrected chi connectivity index (χ4v) is 1.23. The molecule has 0 aromatic heterocycles. The molecule has 92 valence electrons. The molecule has 5 nitrogen and oxygen atoms in total. The number of hydrogen-bond acceptors (Lipinski definition) is 3. The molecular formula is C12H16N2O3. The van der Waals surface area contributed by atoms with Crippen LogP contribution in [0.5, 0.6) is 0 Å². The monoisotopic (exact) mass is 236 g/mol. The van der Waals surface area contributed by atoms with Crippen LogP contribution in [0.15, 0.2) is 24.3 Å². The highest BCUT2D eigenvalue weighted by atomic mass is 16.4. The van der Waals surface area contributed by atoms with Crippen molar-refractivity contribution in [3.8, 4) is 0 Å². The van der Waals surface area contributed by atoms with Gasteiger partial charge < -0.3 is 15.7 Å². The second-order valence-corrected chi connectivity index (χ2v) is 3.88. The van der Waals surface area contributed by atoms with E-state index in [0.29, 0.717) is 12.2 Å². The molecular weight excluding hydrogens is 220 g/mol. The zero-order valence-corrected chi connectivity index (χ0v) is 9.86. The summed E-state index contributed by atoms with van der Waals surface area (Å²) in [5.74, 6) is -1.39. The van der Waals surface area contributed by atoms with Gasteiger partial charge in [0.25, 0.3) is 0 Å². The van der Waals surface area contributed by atoms with E-state index in [-0.39, 0.29) is 5.91 Å². The lowest BCUT2D eigenvalue weighted by molar-refractivity contribution is -0.140. The number of nitrogens with one attached hydrogen (secondary N) is 2. The van der Waals surface area contributed by atoms with Crippen LogP contribution in [0.3, 0.4) is 0 Å². The van der Waals surface area contributed by atoms with Crippen molar-refractivity contribution in [1.82, 2.24) is 0 Å². The summed E-state index contributed by atoms with van der Waals surface area (Å²) in [6.07, 6.45) is 0. The van der Waals surface area contributed by atoms with Gasteiger partial charge in [-0.1, -0.05) is 6.92 Å². The number of carboxylic acid groups (broad SMARTS) is 1. The molecule has 17 heavy (non-hydrogen) atoms. The van der Waals surface area contributed by atoms with Gasteiger partial charge >= 0.3 is 5.97 Å². The van der Waals surface area contributed by atoms with Crippen molar-refractivity contribution in [2.24, 2.45) is 5.92 Å². The molecule has 1 aromatic carbocycles. The normalized spacial score (nSPS) is 11.6. The average molecular weight is 236 g/mol. The minimum absolute atomic E-state index is 0.120. The summed E-state index contributed by atoms with van der Waals surface area (Å²) in [5.41, 5.74) is 1.54. The summed E-state index contributed by atoms with van der Waals surface area (Å²) in [6, 6.07) is 7.10. The third kappa shape index (κ3) is 4.55. The molecule has 3 N–H and O–H groups in total. The smallest absolute Gasteiger partial charge is 0.308 e. The Labute approximate surface area is 99.8 Å². The molecule has 0 fully saturated rings. The summed E-state index contributed by atoms with van der Waals surface area (Å²) in [6.45, 7) is 3.45. The molecule has 1 aromatic rings. The lowest BCUT2D eigenvalue weighted by Gasteiger charge is -2.10. The first kappa shape index (κ1) is 13.0. The van der Waals surface area contributed by atoms with E-state index in [9.17, 15) is 9.59 Å². The Kier molecular flexibility index (Phi) is 4.51. The summed E-state index contributed by atoms with van der Waals surface area (Å²) in [7, 11) is 0.